The summed E-state index contributed by atoms with van der Waals surface area (Å²) in [7, 11) is 0. The van der Waals surface area contributed by atoms with Crippen LogP contribution in [0.25, 0.3) is 0 Å². The molecule has 1 aliphatic rings. The maximum absolute atomic E-state index is 11.9. The van der Waals surface area contributed by atoms with E-state index in [9.17, 15) is 4.79 Å². The predicted octanol–water partition coefficient (Wildman–Crippen LogP) is 0.920. The summed E-state index contributed by atoms with van der Waals surface area (Å²) in [6.07, 6.45) is 1.77. The highest BCUT2D eigenvalue weighted by Crippen LogP contribution is 2.17. The van der Waals surface area contributed by atoms with Gasteiger partial charge in [-0.3, -0.25) is 4.79 Å². The molecule has 0 radical (unpaired) electrons. The van der Waals surface area contributed by atoms with Gasteiger partial charge in [0.2, 0.25) is 0 Å². The van der Waals surface area contributed by atoms with Crippen LogP contribution in [-0.2, 0) is 4.79 Å². The van der Waals surface area contributed by atoms with E-state index in [1.165, 1.54) is 0 Å². The molecule has 19 heavy (non-hydrogen) atoms. The Kier molecular flexibility index (Phi) is 4.37. The Bertz CT molecular complexity index is 478. The zero-order chi connectivity index (χ0) is 13.7. The fourth-order valence-electron chi connectivity index (χ4n) is 2.21. The van der Waals surface area contributed by atoms with E-state index in [4.69, 9.17) is 15.1 Å². The predicted molar refractivity (Wildman–Crippen MR) is 68.5 cm³/mol. The number of nitrogens with zero attached hydrogens (tertiary/aromatic N) is 2. The molecule has 5 nitrogen and oxygen atoms in total. The molecule has 0 bridgehead atoms. The highest BCUT2D eigenvalue weighted by Gasteiger charge is 2.27. The average Bonchev–Trinajstić information content (AvgIpc) is 2.93. The van der Waals surface area contributed by atoms with E-state index in [2.05, 4.69) is 0 Å². The van der Waals surface area contributed by atoms with Crippen LogP contribution < -0.4 is 4.74 Å². The van der Waals surface area contributed by atoms with Gasteiger partial charge in [0.1, 0.15) is 5.75 Å². The van der Waals surface area contributed by atoms with Crippen LogP contribution in [0, 0.1) is 11.3 Å². The van der Waals surface area contributed by atoms with Gasteiger partial charge in [0.25, 0.3) is 5.91 Å². The van der Waals surface area contributed by atoms with Gasteiger partial charge in [-0.1, -0.05) is 0 Å². The Balaban J connectivity index is 1.87. The smallest absolute Gasteiger partial charge is 0.260 e. The van der Waals surface area contributed by atoms with Crippen LogP contribution in [0.15, 0.2) is 24.3 Å². The van der Waals surface area contributed by atoms with Crippen LogP contribution in [0.4, 0.5) is 0 Å². The van der Waals surface area contributed by atoms with Crippen molar-refractivity contribution >= 4 is 5.91 Å². The summed E-state index contributed by atoms with van der Waals surface area (Å²) in [4.78, 5) is 13.6. The van der Waals surface area contributed by atoms with E-state index in [0.717, 1.165) is 12.8 Å². The fourth-order valence-corrected chi connectivity index (χ4v) is 2.21. The highest BCUT2D eigenvalue weighted by atomic mass is 16.5. The summed E-state index contributed by atoms with van der Waals surface area (Å²) in [5.74, 6) is 0.452. The largest absolute Gasteiger partial charge is 0.484 e. The number of aliphatic hydroxyl groups excluding tert-OH is 1. The number of carbonyl (C=O) groups is 1. The van der Waals surface area contributed by atoms with E-state index in [1.54, 1.807) is 29.2 Å². The number of hydrogen-bond donors (Lipinski definition) is 1. The van der Waals surface area contributed by atoms with Crippen LogP contribution in [0.2, 0.25) is 0 Å². The Morgan fingerprint density at radius 1 is 1.47 bits per heavy atom. The van der Waals surface area contributed by atoms with Gasteiger partial charge in [-0.15, -0.1) is 0 Å². The zero-order valence-electron chi connectivity index (χ0n) is 10.6. The third-order valence-corrected chi connectivity index (χ3v) is 3.25. The summed E-state index contributed by atoms with van der Waals surface area (Å²) < 4.78 is 5.39. The maximum atomic E-state index is 11.9. The summed E-state index contributed by atoms with van der Waals surface area (Å²) in [6, 6.07) is 8.57. The zero-order valence-corrected chi connectivity index (χ0v) is 10.6. The molecule has 0 spiro atoms. The molecule has 1 fully saturated rings. The van der Waals surface area contributed by atoms with Crippen molar-refractivity contribution < 1.29 is 14.6 Å². The van der Waals surface area contributed by atoms with E-state index in [-0.39, 0.29) is 25.2 Å². The van der Waals surface area contributed by atoms with Gasteiger partial charge in [0.05, 0.1) is 24.3 Å². The molecule has 1 unspecified atom stereocenters. The van der Waals surface area contributed by atoms with E-state index in [0.29, 0.717) is 17.9 Å². The number of hydrogen-bond acceptors (Lipinski definition) is 4. The van der Waals surface area contributed by atoms with Crippen molar-refractivity contribution in [1.82, 2.24) is 4.90 Å². The molecule has 2 rings (SSSR count). The first-order chi connectivity index (χ1) is 9.24. The summed E-state index contributed by atoms with van der Waals surface area (Å²) in [5, 5.41) is 17.8. The van der Waals surface area contributed by atoms with Crippen molar-refractivity contribution in [2.45, 2.75) is 18.9 Å². The lowest BCUT2D eigenvalue weighted by molar-refractivity contribution is -0.134. The number of carbonyl (C=O) groups excluding carboxylic acids is 1. The van der Waals surface area contributed by atoms with Crippen molar-refractivity contribution in [3.8, 4) is 11.8 Å². The van der Waals surface area contributed by atoms with Crippen LogP contribution >= 0.6 is 0 Å². The molecule has 1 N–H and O–H groups in total. The Labute approximate surface area is 112 Å². The molecule has 1 aromatic rings. The summed E-state index contributed by atoms with van der Waals surface area (Å²) in [6.45, 7) is 0.645. The molecule has 1 amide bonds. The second-order valence-electron chi connectivity index (χ2n) is 4.49. The first-order valence-corrected chi connectivity index (χ1v) is 6.28. The summed E-state index contributed by atoms with van der Waals surface area (Å²) in [5.41, 5.74) is 0.554. The average molecular weight is 260 g/mol. The molecule has 5 heteroatoms. The molecule has 0 aliphatic carbocycles. The van der Waals surface area contributed by atoms with Crippen molar-refractivity contribution in [3.05, 3.63) is 29.8 Å². The monoisotopic (exact) mass is 260 g/mol. The first kappa shape index (κ1) is 13.4. The van der Waals surface area contributed by atoms with Crippen LogP contribution in [0.5, 0.6) is 5.75 Å². The molecule has 1 aliphatic heterocycles. The van der Waals surface area contributed by atoms with Crippen LogP contribution in [0.3, 0.4) is 0 Å². The van der Waals surface area contributed by atoms with Gasteiger partial charge in [0, 0.05) is 6.54 Å². The lowest BCUT2D eigenvalue weighted by Crippen LogP contribution is -2.40. The van der Waals surface area contributed by atoms with Gasteiger partial charge in [-0.2, -0.15) is 5.26 Å². The second-order valence-corrected chi connectivity index (χ2v) is 4.49. The maximum Gasteiger partial charge on any atom is 0.260 e. The molecule has 1 heterocycles. The number of aliphatic hydroxyl groups is 1. The van der Waals surface area contributed by atoms with E-state index >= 15 is 0 Å². The number of likely N-dealkylation sites (tertiary alicyclic amines) is 1. The minimum absolute atomic E-state index is 0.00259. The van der Waals surface area contributed by atoms with Gasteiger partial charge in [-0.05, 0) is 37.1 Å². The van der Waals surface area contributed by atoms with Crippen LogP contribution in [-0.4, -0.2) is 41.7 Å². The number of benzene rings is 1. The normalized spacial score (nSPS) is 18.1. The van der Waals surface area contributed by atoms with Gasteiger partial charge in [0.15, 0.2) is 6.61 Å². The molecule has 0 aromatic heterocycles. The first-order valence-electron chi connectivity index (χ1n) is 6.28. The topological polar surface area (TPSA) is 73.6 Å². The second kappa shape index (κ2) is 6.21. The Hall–Kier alpha value is -2.06. The standard InChI is InChI=1S/C14H16N2O3/c15-8-11-3-5-13(6-4-11)19-10-14(18)16-7-1-2-12(16)9-17/h3-6,12,17H,1-2,7,9-10H2. The lowest BCUT2D eigenvalue weighted by atomic mass is 10.2. The fraction of sp³-hybridized carbons (Fsp3) is 0.429. The molecular formula is C14H16N2O3. The molecule has 0 saturated carbocycles. The SMILES string of the molecule is N#Cc1ccc(OCC(=O)N2CCCC2CO)cc1. The Morgan fingerprint density at radius 2 is 2.21 bits per heavy atom. The minimum Gasteiger partial charge on any atom is -0.484 e. The highest BCUT2D eigenvalue weighted by molar-refractivity contribution is 5.78. The third kappa shape index (κ3) is 3.24. The van der Waals surface area contributed by atoms with Crippen molar-refractivity contribution in [2.75, 3.05) is 19.8 Å². The van der Waals surface area contributed by atoms with Crippen molar-refractivity contribution in [2.24, 2.45) is 0 Å². The molecule has 100 valence electrons. The van der Waals surface area contributed by atoms with Gasteiger partial charge >= 0.3 is 0 Å². The Morgan fingerprint density at radius 3 is 2.84 bits per heavy atom. The number of rotatable bonds is 4. The quantitative estimate of drug-likeness (QED) is 0.873. The summed E-state index contributed by atoms with van der Waals surface area (Å²) >= 11 is 0. The molecule has 1 aromatic carbocycles. The van der Waals surface area contributed by atoms with Gasteiger partial charge in [-0.25, -0.2) is 0 Å². The van der Waals surface area contributed by atoms with Crippen molar-refractivity contribution in [1.29, 1.82) is 5.26 Å². The minimum atomic E-state index is -0.110. The van der Waals surface area contributed by atoms with E-state index in [1.807, 2.05) is 6.07 Å². The third-order valence-electron chi connectivity index (χ3n) is 3.25. The number of amides is 1. The number of ether oxygens (including phenoxy) is 1. The van der Waals surface area contributed by atoms with Gasteiger partial charge < -0.3 is 14.7 Å². The van der Waals surface area contributed by atoms with Crippen LogP contribution in [0.1, 0.15) is 18.4 Å². The van der Waals surface area contributed by atoms with E-state index < -0.39 is 0 Å². The number of nitriles is 1. The molecule has 1 saturated heterocycles. The lowest BCUT2D eigenvalue weighted by Gasteiger charge is -2.22. The van der Waals surface area contributed by atoms with Crippen molar-refractivity contribution in [3.63, 3.8) is 0 Å². The molecular weight excluding hydrogens is 244 g/mol. The molecule has 1 atom stereocenters.